The number of rotatable bonds is 2. The number of aromatic nitrogens is 3. The predicted molar refractivity (Wildman–Crippen MR) is 49.0 cm³/mol. The van der Waals surface area contributed by atoms with Gasteiger partial charge in [0.15, 0.2) is 5.03 Å². The van der Waals surface area contributed by atoms with Crippen molar-refractivity contribution >= 4 is 11.1 Å². The molecule has 0 saturated carbocycles. The van der Waals surface area contributed by atoms with Gasteiger partial charge in [0, 0.05) is 16.6 Å². The quantitative estimate of drug-likeness (QED) is 0.737. The average Bonchev–Trinajstić information content (AvgIpc) is 2.67. The van der Waals surface area contributed by atoms with E-state index in [2.05, 4.69) is 15.4 Å². The van der Waals surface area contributed by atoms with Crippen molar-refractivity contribution in [3.05, 3.63) is 30.3 Å². The third kappa shape index (κ3) is 1.57. The summed E-state index contributed by atoms with van der Waals surface area (Å²) in [5.41, 5.74) is 1.07. The van der Waals surface area contributed by atoms with E-state index in [9.17, 15) is 8.76 Å². The standard InChI is InChI=1S/C8H7N3O2S/c12-14(13)8-7(9-11-10-8)6-4-2-1-3-5-6/h1-5H,(H,12,13)(H,9,10,11)/p-1. The fourth-order valence-corrected chi connectivity index (χ4v) is 1.56. The van der Waals surface area contributed by atoms with Crippen molar-refractivity contribution in [3.63, 3.8) is 0 Å². The van der Waals surface area contributed by atoms with Gasteiger partial charge < -0.3 is 4.55 Å². The molecule has 0 aliphatic heterocycles. The minimum atomic E-state index is -2.36. The Hall–Kier alpha value is -1.53. The third-order valence-corrected chi connectivity index (χ3v) is 2.32. The highest BCUT2D eigenvalue weighted by atomic mass is 32.2. The van der Waals surface area contributed by atoms with Gasteiger partial charge in [-0.3, -0.25) is 4.21 Å². The maximum Gasteiger partial charge on any atom is 0.163 e. The van der Waals surface area contributed by atoms with Crippen LogP contribution in [0.1, 0.15) is 0 Å². The average molecular weight is 208 g/mol. The lowest BCUT2D eigenvalue weighted by atomic mass is 10.2. The summed E-state index contributed by atoms with van der Waals surface area (Å²) in [6.45, 7) is 0. The van der Waals surface area contributed by atoms with E-state index in [4.69, 9.17) is 0 Å². The molecule has 5 nitrogen and oxygen atoms in total. The van der Waals surface area contributed by atoms with E-state index in [0.29, 0.717) is 5.69 Å². The Morgan fingerprint density at radius 2 is 1.93 bits per heavy atom. The van der Waals surface area contributed by atoms with Crippen LogP contribution in [-0.2, 0) is 11.1 Å². The summed E-state index contributed by atoms with van der Waals surface area (Å²) in [6.07, 6.45) is 0. The highest BCUT2D eigenvalue weighted by Crippen LogP contribution is 2.20. The highest BCUT2D eigenvalue weighted by Gasteiger charge is 2.09. The third-order valence-electron chi connectivity index (χ3n) is 1.72. The number of benzene rings is 1. The van der Waals surface area contributed by atoms with Crippen molar-refractivity contribution in [2.75, 3.05) is 0 Å². The van der Waals surface area contributed by atoms with Gasteiger partial charge in [-0.05, 0) is 0 Å². The molecule has 1 N–H and O–H groups in total. The second-order valence-corrected chi connectivity index (χ2v) is 3.43. The van der Waals surface area contributed by atoms with Crippen LogP contribution in [-0.4, -0.2) is 24.2 Å². The highest BCUT2D eigenvalue weighted by molar-refractivity contribution is 7.79. The molecule has 1 atom stereocenters. The van der Waals surface area contributed by atoms with Gasteiger partial charge in [0.2, 0.25) is 0 Å². The maximum absolute atomic E-state index is 10.7. The van der Waals surface area contributed by atoms with Gasteiger partial charge >= 0.3 is 0 Å². The zero-order valence-electron chi connectivity index (χ0n) is 7.01. The largest absolute Gasteiger partial charge is 0.767 e. The van der Waals surface area contributed by atoms with Crippen LogP contribution in [0.4, 0.5) is 0 Å². The van der Waals surface area contributed by atoms with Crippen LogP contribution >= 0.6 is 0 Å². The first-order valence-electron chi connectivity index (χ1n) is 3.84. The molecule has 72 valence electrons. The Bertz CT molecular complexity index is 455. The Kier molecular flexibility index (Phi) is 2.38. The molecule has 14 heavy (non-hydrogen) atoms. The number of nitrogens with one attached hydrogen (secondary N) is 1. The van der Waals surface area contributed by atoms with Gasteiger partial charge in [-0.2, -0.15) is 10.3 Å². The topological polar surface area (TPSA) is 81.7 Å². The normalized spacial score (nSPS) is 12.6. The van der Waals surface area contributed by atoms with Crippen LogP contribution in [0.25, 0.3) is 11.3 Å². The van der Waals surface area contributed by atoms with Gasteiger partial charge in [0.1, 0.15) is 5.69 Å². The van der Waals surface area contributed by atoms with Crippen LogP contribution in [0, 0.1) is 0 Å². The molecule has 0 fully saturated rings. The van der Waals surface area contributed by atoms with Crippen LogP contribution < -0.4 is 0 Å². The molecule has 0 amide bonds. The number of aromatic amines is 1. The fourth-order valence-electron chi connectivity index (χ4n) is 1.12. The number of hydrogen-bond donors (Lipinski definition) is 1. The lowest BCUT2D eigenvalue weighted by molar-refractivity contribution is 0.533. The molecule has 0 radical (unpaired) electrons. The van der Waals surface area contributed by atoms with E-state index >= 15 is 0 Å². The smallest absolute Gasteiger partial charge is 0.163 e. The Labute approximate surface area is 82.5 Å². The number of nitrogens with zero attached hydrogens (tertiary/aromatic N) is 2. The molecule has 0 bridgehead atoms. The van der Waals surface area contributed by atoms with Gasteiger partial charge in [0.25, 0.3) is 0 Å². The molecule has 2 aromatic rings. The van der Waals surface area contributed by atoms with Crippen molar-refractivity contribution < 1.29 is 8.76 Å². The molecule has 6 heteroatoms. The molecular formula is C8H6N3O2S-. The molecule has 0 saturated heterocycles. The summed E-state index contributed by atoms with van der Waals surface area (Å²) >= 11 is -2.36. The van der Waals surface area contributed by atoms with E-state index < -0.39 is 11.1 Å². The number of hydrogen-bond acceptors (Lipinski definition) is 4. The Morgan fingerprint density at radius 1 is 1.21 bits per heavy atom. The van der Waals surface area contributed by atoms with Gasteiger partial charge in [0.05, 0.1) is 0 Å². The zero-order valence-corrected chi connectivity index (χ0v) is 7.82. The minimum absolute atomic E-state index is 0.0591. The summed E-state index contributed by atoms with van der Waals surface area (Å²) < 4.78 is 21.5. The molecule has 0 aliphatic carbocycles. The second-order valence-electron chi connectivity index (χ2n) is 2.58. The maximum atomic E-state index is 10.7. The van der Waals surface area contributed by atoms with Crippen molar-refractivity contribution in [2.24, 2.45) is 0 Å². The molecular weight excluding hydrogens is 202 g/mol. The predicted octanol–water partition coefficient (Wildman–Crippen LogP) is 0.710. The van der Waals surface area contributed by atoms with E-state index in [1.807, 2.05) is 18.2 Å². The molecule has 0 aliphatic rings. The van der Waals surface area contributed by atoms with Crippen molar-refractivity contribution in [3.8, 4) is 11.3 Å². The van der Waals surface area contributed by atoms with E-state index in [1.165, 1.54) is 0 Å². The summed E-state index contributed by atoms with van der Waals surface area (Å²) in [4.78, 5) is 0. The second kappa shape index (κ2) is 3.69. The fraction of sp³-hybridized carbons (Fsp3) is 0. The van der Waals surface area contributed by atoms with Gasteiger partial charge in [-0.1, -0.05) is 30.3 Å². The lowest BCUT2D eigenvalue weighted by Crippen LogP contribution is -1.92. The zero-order chi connectivity index (χ0) is 9.97. The van der Waals surface area contributed by atoms with Crippen LogP contribution in [0.2, 0.25) is 0 Å². The molecule has 2 rings (SSSR count). The first-order chi connectivity index (χ1) is 6.79. The van der Waals surface area contributed by atoms with Crippen LogP contribution in [0.15, 0.2) is 35.4 Å². The lowest BCUT2D eigenvalue weighted by Gasteiger charge is -2.02. The number of H-pyrrole nitrogens is 1. The summed E-state index contributed by atoms with van der Waals surface area (Å²) in [5, 5.41) is 9.55. The molecule has 1 aromatic carbocycles. The molecule has 0 spiro atoms. The van der Waals surface area contributed by atoms with E-state index in [1.54, 1.807) is 12.1 Å². The first kappa shape index (κ1) is 9.04. The Balaban J connectivity index is 2.52. The van der Waals surface area contributed by atoms with Crippen LogP contribution in [0.5, 0.6) is 0 Å². The monoisotopic (exact) mass is 208 g/mol. The summed E-state index contributed by atoms with van der Waals surface area (Å²) in [6, 6.07) is 9.00. The SMILES string of the molecule is O=S([O-])c1n[nH]nc1-c1ccccc1. The van der Waals surface area contributed by atoms with E-state index in [0.717, 1.165) is 5.56 Å². The minimum Gasteiger partial charge on any atom is -0.767 e. The van der Waals surface area contributed by atoms with Crippen molar-refractivity contribution in [1.82, 2.24) is 15.4 Å². The Morgan fingerprint density at radius 3 is 2.57 bits per heavy atom. The van der Waals surface area contributed by atoms with Gasteiger partial charge in [-0.15, -0.1) is 5.10 Å². The summed E-state index contributed by atoms with van der Waals surface area (Å²) in [5.74, 6) is 0. The molecule has 1 aromatic heterocycles. The van der Waals surface area contributed by atoms with Crippen LogP contribution in [0.3, 0.4) is 0 Å². The molecule has 1 heterocycles. The first-order valence-corrected chi connectivity index (χ1v) is 4.92. The molecule has 1 unspecified atom stereocenters. The summed E-state index contributed by atoms with van der Waals surface area (Å²) in [7, 11) is 0. The van der Waals surface area contributed by atoms with Gasteiger partial charge in [-0.25, -0.2) is 0 Å². The van der Waals surface area contributed by atoms with Crippen molar-refractivity contribution in [2.45, 2.75) is 5.03 Å². The van der Waals surface area contributed by atoms with E-state index in [-0.39, 0.29) is 5.03 Å². The van der Waals surface area contributed by atoms with Crippen molar-refractivity contribution in [1.29, 1.82) is 0 Å².